The SMILES string of the molecule is Nc1cc2c(cc1C(=O)O)N1CCOCC1CO2. The van der Waals surface area contributed by atoms with Crippen LogP contribution in [0.15, 0.2) is 12.1 Å². The van der Waals surface area contributed by atoms with Gasteiger partial charge in [0.05, 0.1) is 30.5 Å². The van der Waals surface area contributed by atoms with Gasteiger partial charge in [-0.1, -0.05) is 0 Å². The fraction of sp³-hybridized carbons (Fsp3) is 0.417. The van der Waals surface area contributed by atoms with Crippen LogP contribution in [-0.2, 0) is 4.74 Å². The summed E-state index contributed by atoms with van der Waals surface area (Å²) in [6, 6.07) is 3.33. The molecule has 0 spiro atoms. The Morgan fingerprint density at radius 1 is 1.44 bits per heavy atom. The first kappa shape index (κ1) is 11.2. The van der Waals surface area contributed by atoms with E-state index in [-0.39, 0.29) is 17.3 Å². The molecule has 3 rings (SSSR count). The van der Waals surface area contributed by atoms with E-state index in [9.17, 15) is 4.79 Å². The average Bonchev–Trinajstić information content (AvgIpc) is 2.37. The third-order valence-electron chi connectivity index (χ3n) is 3.33. The van der Waals surface area contributed by atoms with Crippen molar-refractivity contribution in [2.45, 2.75) is 6.04 Å². The Morgan fingerprint density at radius 3 is 3.06 bits per heavy atom. The van der Waals surface area contributed by atoms with Gasteiger partial charge in [-0.25, -0.2) is 4.79 Å². The highest BCUT2D eigenvalue weighted by atomic mass is 16.5. The van der Waals surface area contributed by atoms with E-state index >= 15 is 0 Å². The molecule has 0 bridgehead atoms. The second kappa shape index (κ2) is 4.06. The highest BCUT2D eigenvalue weighted by Crippen LogP contribution is 2.38. The van der Waals surface area contributed by atoms with Gasteiger partial charge < -0.3 is 25.2 Å². The van der Waals surface area contributed by atoms with Gasteiger partial charge in [0.15, 0.2) is 0 Å². The number of nitrogens with two attached hydrogens (primary N) is 1. The van der Waals surface area contributed by atoms with E-state index in [1.165, 1.54) is 0 Å². The van der Waals surface area contributed by atoms with Gasteiger partial charge in [-0.05, 0) is 6.07 Å². The van der Waals surface area contributed by atoms with Crippen molar-refractivity contribution in [1.29, 1.82) is 0 Å². The Bertz CT molecular complexity index is 503. The van der Waals surface area contributed by atoms with Crippen LogP contribution < -0.4 is 15.4 Å². The van der Waals surface area contributed by atoms with E-state index in [1.807, 2.05) is 0 Å². The van der Waals surface area contributed by atoms with Crippen LogP contribution in [0.4, 0.5) is 11.4 Å². The first-order chi connectivity index (χ1) is 8.66. The number of anilines is 2. The number of carbonyl (C=O) groups is 1. The molecule has 1 aromatic carbocycles. The molecule has 2 aliphatic rings. The summed E-state index contributed by atoms with van der Waals surface area (Å²) in [5, 5.41) is 9.10. The van der Waals surface area contributed by atoms with Crippen molar-refractivity contribution in [1.82, 2.24) is 0 Å². The van der Waals surface area contributed by atoms with Gasteiger partial charge in [0.2, 0.25) is 0 Å². The molecule has 1 atom stereocenters. The van der Waals surface area contributed by atoms with Crippen LogP contribution >= 0.6 is 0 Å². The fourth-order valence-electron chi connectivity index (χ4n) is 2.41. The van der Waals surface area contributed by atoms with E-state index in [1.54, 1.807) is 12.1 Å². The van der Waals surface area contributed by atoms with Crippen LogP contribution in [0.25, 0.3) is 0 Å². The number of ether oxygens (including phenoxy) is 2. The molecule has 0 aliphatic carbocycles. The molecule has 1 aromatic rings. The second-order valence-corrected chi connectivity index (χ2v) is 4.45. The summed E-state index contributed by atoms with van der Waals surface area (Å²) in [6.07, 6.45) is 0. The zero-order chi connectivity index (χ0) is 12.7. The quantitative estimate of drug-likeness (QED) is 0.709. The molecule has 96 valence electrons. The van der Waals surface area contributed by atoms with Crippen LogP contribution in [-0.4, -0.2) is 43.5 Å². The number of carboxylic acid groups (broad SMARTS) is 1. The summed E-state index contributed by atoms with van der Waals surface area (Å²) >= 11 is 0. The summed E-state index contributed by atoms with van der Waals surface area (Å²) in [5.74, 6) is -0.374. The third kappa shape index (κ3) is 1.65. The van der Waals surface area contributed by atoms with E-state index in [0.29, 0.717) is 25.6 Å². The van der Waals surface area contributed by atoms with Gasteiger partial charge in [0, 0.05) is 18.3 Å². The molecular weight excluding hydrogens is 236 g/mol. The number of rotatable bonds is 1. The van der Waals surface area contributed by atoms with Gasteiger partial charge >= 0.3 is 5.97 Å². The minimum absolute atomic E-state index is 0.115. The summed E-state index contributed by atoms with van der Waals surface area (Å²) < 4.78 is 11.0. The Kier molecular flexibility index (Phi) is 2.52. The number of carboxylic acids is 1. The summed E-state index contributed by atoms with van der Waals surface area (Å²) in [7, 11) is 0. The lowest BCUT2D eigenvalue weighted by atomic mass is 10.1. The fourth-order valence-corrected chi connectivity index (χ4v) is 2.41. The summed E-state index contributed by atoms with van der Waals surface area (Å²) in [5.41, 5.74) is 6.85. The molecule has 3 N–H and O–H groups in total. The molecule has 2 heterocycles. The van der Waals surface area contributed by atoms with E-state index in [0.717, 1.165) is 12.2 Å². The summed E-state index contributed by atoms with van der Waals surface area (Å²) in [4.78, 5) is 13.2. The topological polar surface area (TPSA) is 85.0 Å². The predicted octanol–water partition coefficient (Wildman–Crippen LogP) is 0.565. The number of aromatic carboxylic acids is 1. The van der Waals surface area contributed by atoms with Crippen molar-refractivity contribution in [3.8, 4) is 5.75 Å². The van der Waals surface area contributed by atoms with Crippen LogP contribution in [0, 0.1) is 0 Å². The van der Waals surface area contributed by atoms with E-state index in [2.05, 4.69) is 4.90 Å². The number of morpholine rings is 1. The molecular formula is C12H14N2O4. The molecule has 0 aromatic heterocycles. The first-order valence-corrected chi connectivity index (χ1v) is 5.81. The normalized spacial score (nSPS) is 21.8. The Hall–Kier alpha value is -1.95. The van der Waals surface area contributed by atoms with Crippen LogP contribution in [0.1, 0.15) is 10.4 Å². The van der Waals surface area contributed by atoms with E-state index < -0.39 is 5.97 Å². The van der Waals surface area contributed by atoms with Gasteiger partial charge in [0.1, 0.15) is 12.4 Å². The molecule has 1 unspecified atom stereocenters. The highest BCUT2D eigenvalue weighted by Gasteiger charge is 2.31. The molecule has 6 heteroatoms. The largest absolute Gasteiger partial charge is 0.489 e. The van der Waals surface area contributed by atoms with Crippen molar-refractivity contribution in [3.05, 3.63) is 17.7 Å². The Balaban J connectivity index is 2.06. The van der Waals surface area contributed by atoms with Crippen molar-refractivity contribution in [2.75, 3.05) is 37.0 Å². The molecule has 6 nitrogen and oxygen atoms in total. The zero-order valence-electron chi connectivity index (χ0n) is 9.76. The van der Waals surface area contributed by atoms with Crippen molar-refractivity contribution >= 4 is 17.3 Å². The zero-order valence-corrected chi connectivity index (χ0v) is 9.76. The maximum Gasteiger partial charge on any atom is 0.337 e. The number of nitrogens with zero attached hydrogens (tertiary/aromatic N) is 1. The number of hydrogen-bond donors (Lipinski definition) is 2. The lowest BCUT2D eigenvalue weighted by Crippen LogP contribution is -2.51. The van der Waals surface area contributed by atoms with E-state index in [4.69, 9.17) is 20.3 Å². The molecule has 0 amide bonds. The predicted molar refractivity (Wildman–Crippen MR) is 65.3 cm³/mol. The maximum absolute atomic E-state index is 11.1. The van der Waals surface area contributed by atoms with Gasteiger partial charge in [-0.15, -0.1) is 0 Å². The third-order valence-corrected chi connectivity index (χ3v) is 3.33. The number of benzene rings is 1. The van der Waals surface area contributed by atoms with Gasteiger partial charge in [0.25, 0.3) is 0 Å². The standard InChI is InChI=1S/C12H14N2O4/c13-9-4-11-10(3-8(9)12(15)16)14-1-2-17-5-7(14)6-18-11/h3-4,7H,1-2,5-6,13H2,(H,15,16). The smallest absolute Gasteiger partial charge is 0.337 e. The second-order valence-electron chi connectivity index (χ2n) is 4.45. The monoisotopic (exact) mass is 250 g/mol. The highest BCUT2D eigenvalue weighted by molar-refractivity contribution is 5.96. The average molecular weight is 250 g/mol. The minimum atomic E-state index is -1.02. The van der Waals surface area contributed by atoms with Crippen LogP contribution in [0.3, 0.4) is 0 Å². The van der Waals surface area contributed by atoms with Gasteiger partial charge in [-0.2, -0.15) is 0 Å². The molecule has 18 heavy (non-hydrogen) atoms. The summed E-state index contributed by atoms with van der Waals surface area (Å²) in [6.45, 7) is 2.53. The Morgan fingerprint density at radius 2 is 2.28 bits per heavy atom. The number of hydrogen-bond acceptors (Lipinski definition) is 5. The van der Waals surface area contributed by atoms with Crippen molar-refractivity contribution < 1.29 is 19.4 Å². The molecule has 0 saturated carbocycles. The molecule has 1 fully saturated rings. The Labute approximate surface area is 104 Å². The lowest BCUT2D eigenvalue weighted by Gasteiger charge is -2.41. The van der Waals surface area contributed by atoms with Crippen LogP contribution in [0.2, 0.25) is 0 Å². The molecule has 1 saturated heterocycles. The first-order valence-electron chi connectivity index (χ1n) is 5.81. The molecule has 2 aliphatic heterocycles. The maximum atomic E-state index is 11.1. The molecule has 0 radical (unpaired) electrons. The van der Waals surface area contributed by atoms with Crippen molar-refractivity contribution in [3.63, 3.8) is 0 Å². The van der Waals surface area contributed by atoms with Gasteiger partial charge in [-0.3, -0.25) is 0 Å². The van der Waals surface area contributed by atoms with Crippen LogP contribution in [0.5, 0.6) is 5.75 Å². The minimum Gasteiger partial charge on any atom is -0.489 e. The number of nitrogen functional groups attached to an aromatic ring is 1. The number of fused-ring (bicyclic) bond motifs is 3. The van der Waals surface area contributed by atoms with Crippen molar-refractivity contribution in [2.24, 2.45) is 0 Å². The lowest BCUT2D eigenvalue weighted by molar-refractivity contribution is 0.0691.